The molecule has 3 rings (SSSR count). The fraction of sp³-hybridized carbons (Fsp3) is 0. The molecule has 1 amide bonds. The van der Waals surface area contributed by atoms with Crippen LogP contribution in [0.3, 0.4) is 0 Å². The van der Waals surface area contributed by atoms with Crippen LogP contribution in [0.25, 0.3) is 6.08 Å². The molecule has 1 aliphatic heterocycles. The molecule has 0 aromatic heterocycles. The highest BCUT2D eigenvalue weighted by atomic mass is 35.5. The van der Waals surface area contributed by atoms with E-state index in [4.69, 9.17) is 46.4 Å². The number of amides is 1. The Morgan fingerprint density at radius 1 is 0.958 bits per heavy atom. The SMILES string of the molecule is O=C1NC(=Nc2ccc(Cl)c(Cl)c2)SC1=Cc1ccc(Cl)cc1Cl. The fourth-order valence-electron chi connectivity index (χ4n) is 1.91. The molecule has 0 bridgehead atoms. The van der Waals surface area contributed by atoms with Gasteiger partial charge in [0.25, 0.3) is 5.91 Å². The van der Waals surface area contributed by atoms with Crippen LogP contribution in [0.4, 0.5) is 5.69 Å². The van der Waals surface area contributed by atoms with Gasteiger partial charge in [0.2, 0.25) is 0 Å². The van der Waals surface area contributed by atoms with Crippen LogP contribution in [0.15, 0.2) is 46.3 Å². The van der Waals surface area contributed by atoms with Gasteiger partial charge in [-0.2, -0.15) is 0 Å². The van der Waals surface area contributed by atoms with Gasteiger partial charge in [-0.1, -0.05) is 52.5 Å². The van der Waals surface area contributed by atoms with Crippen molar-refractivity contribution < 1.29 is 4.79 Å². The van der Waals surface area contributed by atoms with Crippen molar-refractivity contribution in [3.05, 3.63) is 67.0 Å². The van der Waals surface area contributed by atoms with Gasteiger partial charge in [-0.05, 0) is 53.7 Å². The van der Waals surface area contributed by atoms with Crippen LogP contribution in [-0.4, -0.2) is 11.1 Å². The maximum atomic E-state index is 12.1. The number of rotatable bonds is 2. The lowest BCUT2D eigenvalue weighted by molar-refractivity contribution is -0.115. The van der Waals surface area contributed by atoms with E-state index in [2.05, 4.69) is 10.3 Å². The number of carbonyl (C=O) groups excluding carboxylic acids is 1. The largest absolute Gasteiger partial charge is 0.300 e. The molecule has 1 N–H and O–H groups in total. The summed E-state index contributed by atoms with van der Waals surface area (Å²) in [5.74, 6) is -0.246. The van der Waals surface area contributed by atoms with Gasteiger partial charge < -0.3 is 5.32 Å². The second-order valence-corrected chi connectivity index (χ2v) is 7.43. The molecule has 24 heavy (non-hydrogen) atoms. The summed E-state index contributed by atoms with van der Waals surface area (Å²) in [6.07, 6.45) is 1.69. The lowest BCUT2D eigenvalue weighted by Gasteiger charge is -1.99. The number of amidine groups is 1. The molecule has 1 aliphatic rings. The molecular weight excluding hydrogens is 410 g/mol. The van der Waals surface area contributed by atoms with Crippen molar-refractivity contribution >= 4 is 81.0 Å². The van der Waals surface area contributed by atoms with E-state index in [1.165, 1.54) is 11.8 Å². The highest BCUT2D eigenvalue weighted by Crippen LogP contribution is 2.32. The highest BCUT2D eigenvalue weighted by Gasteiger charge is 2.24. The van der Waals surface area contributed by atoms with E-state index < -0.39 is 0 Å². The van der Waals surface area contributed by atoms with Crippen molar-refractivity contribution in [2.75, 3.05) is 0 Å². The molecular formula is C16H8Cl4N2OS. The molecule has 0 saturated carbocycles. The Balaban J connectivity index is 1.86. The van der Waals surface area contributed by atoms with Crippen molar-refractivity contribution in [3.8, 4) is 0 Å². The first-order valence-electron chi connectivity index (χ1n) is 6.62. The number of carbonyl (C=O) groups is 1. The second-order valence-electron chi connectivity index (χ2n) is 4.75. The number of halogens is 4. The predicted octanol–water partition coefficient (Wildman–Crippen LogP) is 6.19. The molecule has 122 valence electrons. The number of benzene rings is 2. The minimum absolute atomic E-state index is 0.246. The highest BCUT2D eigenvalue weighted by molar-refractivity contribution is 8.18. The minimum atomic E-state index is -0.246. The average Bonchev–Trinajstić information content (AvgIpc) is 2.85. The summed E-state index contributed by atoms with van der Waals surface area (Å²) in [5.41, 5.74) is 1.30. The average molecular weight is 418 g/mol. The summed E-state index contributed by atoms with van der Waals surface area (Å²) < 4.78 is 0. The number of hydrogen-bond acceptors (Lipinski definition) is 3. The zero-order chi connectivity index (χ0) is 17.3. The first kappa shape index (κ1) is 17.6. The third-order valence-electron chi connectivity index (χ3n) is 3.03. The van der Waals surface area contributed by atoms with Crippen LogP contribution < -0.4 is 5.32 Å². The number of aliphatic imine (C=N–C) groups is 1. The van der Waals surface area contributed by atoms with E-state index >= 15 is 0 Å². The number of hydrogen-bond donors (Lipinski definition) is 1. The van der Waals surface area contributed by atoms with E-state index in [-0.39, 0.29) is 5.91 Å². The third kappa shape index (κ3) is 4.08. The third-order valence-corrected chi connectivity index (χ3v) is 5.25. The van der Waals surface area contributed by atoms with Gasteiger partial charge in [-0.3, -0.25) is 4.79 Å². The van der Waals surface area contributed by atoms with Crippen molar-refractivity contribution in [1.29, 1.82) is 0 Å². The molecule has 2 aromatic rings. The van der Waals surface area contributed by atoms with E-state index in [0.717, 1.165) is 0 Å². The molecule has 0 spiro atoms. The van der Waals surface area contributed by atoms with Crippen LogP contribution in [-0.2, 0) is 4.79 Å². The quantitative estimate of drug-likeness (QED) is 0.591. The van der Waals surface area contributed by atoms with Gasteiger partial charge >= 0.3 is 0 Å². The van der Waals surface area contributed by atoms with E-state index in [1.807, 2.05) is 0 Å². The standard InChI is InChI=1S/C16H8Cl4N2OS/c17-9-2-1-8(12(19)6-9)5-14-15(23)22-16(24-14)21-10-3-4-11(18)13(20)7-10/h1-7H,(H,21,22,23). The molecule has 0 atom stereocenters. The van der Waals surface area contributed by atoms with E-state index in [1.54, 1.807) is 42.5 Å². The van der Waals surface area contributed by atoms with Gasteiger partial charge in [-0.25, -0.2) is 4.99 Å². The predicted molar refractivity (Wildman–Crippen MR) is 104 cm³/mol. The Morgan fingerprint density at radius 3 is 2.46 bits per heavy atom. The van der Waals surface area contributed by atoms with Crippen LogP contribution >= 0.6 is 58.2 Å². The van der Waals surface area contributed by atoms with Gasteiger partial charge in [0, 0.05) is 10.0 Å². The zero-order valence-electron chi connectivity index (χ0n) is 11.8. The summed E-state index contributed by atoms with van der Waals surface area (Å²) >= 11 is 25.0. The van der Waals surface area contributed by atoms with Crippen LogP contribution in [0.2, 0.25) is 20.1 Å². The number of thioether (sulfide) groups is 1. The first-order valence-corrected chi connectivity index (χ1v) is 8.95. The lowest BCUT2D eigenvalue weighted by Crippen LogP contribution is -2.19. The van der Waals surface area contributed by atoms with E-state index in [9.17, 15) is 4.79 Å². The maximum absolute atomic E-state index is 12.1. The Morgan fingerprint density at radius 2 is 1.75 bits per heavy atom. The van der Waals surface area contributed by atoms with E-state index in [0.29, 0.717) is 41.4 Å². The molecule has 1 heterocycles. The second kappa shape index (κ2) is 7.38. The Bertz CT molecular complexity index is 896. The fourth-order valence-corrected chi connectivity index (χ4v) is 3.50. The monoisotopic (exact) mass is 416 g/mol. The van der Waals surface area contributed by atoms with Crippen LogP contribution in [0.1, 0.15) is 5.56 Å². The maximum Gasteiger partial charge on any atom is 0.264 e. The first-order chi connectivity index (χ1) is 11.4. The molecule has 0 radical (unpaired) electrons. The molecule has 1 fully saturated rings. The van der Waals surface area contributed by atoms with Gasteiger partial charge in [0.1, 0.15) is 0 Å². The topological polar surface area (TPSA) is 41.5 Å². The van der Waals surface area contributed by atoms with Crippen LogP contribution in [0, 0.1) is 0 Å². The van der Waals surface area contributed by atoms with Crippen LogP contribution in [0.5, 0.6) is 0 Å². The normalized spacial score (nSPS) is 17.6. The molecule has 2 aromatic carbocycles. The summed E-state index contributed by atoms with van der Waals surface area (Å²) in [7, 11) is 0. The Labute approximate surface area is 162 Å². The summed E-state index contributed by atoms with van der Waals surface area (Å²) in [6.45, 7) is 0. The molecule has 0 aliphatic carbocycles. The smallest absolute Gasteiger partial charge is 0.264 e. The van der Waals surface area contributed by atoms with Crippen molar-refractivity contribution in [2.24, 2.45) is 4.99 Å². The Hall–Kier alpha value is -1.17. The van der Waals surface area contributed by atoms with Crippen molar-refractivity contribution in [3.63, 3.8) is 0 Å². The summed E-state index contributed by atoms with van der Waals surface area (Å²) in [4.78, 5) is 16.9. The minimum Gasteiger partial charge on any atom is -0.300 e. The summed E-state index contributed by atoms with van der Waals surface area (Å²) in [6, 6.07) is 10.1. The summed E-state index contributed by atoms with van der Waals surface area (Å²) in [5, 5.41) is 5.00. The molecule has 3 nitrogen and oxygen atoms in total. The zero-order valence-corrected chi connectivity index (χ0v) is 15.7. The number of nitrogens with one attached hydrogen (secondary N) is 1. The Kier molecular flexibility index (Phi) is 5.42. The van der Waals surface area contributed by atoms with Crippen molar-refractivity contribution in [2.45, 2.75) is 0 Å². The molecule has 1 saturated heterocycles. The number of nitrogens with zero attached hydrogens (tertiary/aromatic N) is 1. The van der Waals surface area contributed by atoms with Gasteiger partial charge in [0.05, 0.1) is 20.6 Å². The molecule has 8 heteroatoms. The van der Waals surface area contributed by atoms with Crippen molar-refractivity contribution in [1.82, 2.24) is 5.32 Å². The van der Waals surface area contributed by atoms with Gasteiger partial charge in [0.15, 0.2) is 5.17 Å². The van der Waals surface area contributed by atoms with Gasteiger partial charge in [-0.15, -0.1) is 0 Å². The molecule has 0 unspecified atom stereocenters. The lowest BCUT2D eigenvalue weighted by atomic mass is 10.2.